The van der Waals surface area contributed by atoms with Crippen molar-refractivity contribution in [2.24, 2.45) is 0 Å². The normalized spacial score (nSPS) is 16.2. The molecule has 1 aromatic carbocycles. The van der Waals surface area contributed by atoms with Crippen molar-refractivity contribution >= 4 is 11.9 Å². The molecule has 0 bridgehead atoms. The van der Waals surface area contributed by atoms with E-state index in [1.807, 2.05) is 42.2 Å². The van der Waals surface area contributed by atoms with Gasteiger partial charge in [-0.2, -0.15) is 0 Å². The van der Waals surface area contributed by atoms with Gasteiger partial charge in [0.05, 0.1) is 18.2 Å². The summed E-state index contributed by atoms with van der Waals surface area (Å²) >= 11 is 0. The summed E-state index contributed by atoms with van der Waals surface area (Å²) in [5.74, 6) is 0.166. The molecule has 1 aliphatic heterocycles. The zero-order chi connectivity index (χ0) is 21.8. The first kappa shape index (κ1) is 20.9. The van der Waals surface area contributed by atoms with Crippen LogP contribution < -0.4 is 4.90 Å². The zero-order valence-corrected chi connectivity index (χ0v) is 17.8. The third-order valence-electron chi connectivity index (χ3n) is 5.64. The zero-order valence-electron chi connectivity index (χ0n) is 17.8. The maximum atomic E-state index is 14.2. The van der Waals surface area contributed by atoms with Gasteiger partial charge in [-0.15, -0.1) is 0 Å². The van der Waals surface area contributed by atoms with Gasteiger partial charge in [0.1, 0.15) is 5.82 Å². The van der Waals surface area contributed by atoms with Gasteiger partial charge in [-0.1, -0.05) is 18.2 Å². The lowest BCUT2D eigenvalue weighted by molar-refractivity contribution is -0.134. The average Bonchev–Trinajstić information content (AvgIpc) is 2.80. The number of rotatable bonds is 5. The molecule has 6 nitrogen and oxygen atoms in total. The van der Waals surface area contributed by atoms with Gasteiger partial charge in [0.15, 0.2) is 0 Å². The molecule has 1 aliphatic rings. The molecular weight excluding hydrogens is 393 g/mol. The van der Waals surface area contributed by atoms with Gasteiger partial charge in [-0.05, 0) is 48.6 Å². The molecular formula is C24H26FN5O. The fourth-order valence-electron chi connectivity index (χ4n) is 4.03. The molecule has 0 radical (unpaired) electrons. The topological polar surface area (TPSA) is 62.2 Å². The first-order valence-electron chi connectivity index (χ1n) is 10.5. The Morgan fingerprint density at radius 3 is 2.68 bits per heavy atom. The van der Waals surface area contributed by atoms with Crippen molar-refractivity contribution < 1.29 is 9.18 Å². The highest BCUT2D eigenvalue weighted by Gasteiger charge is 2.31. The second-order valence-corrected chi connectivity index (χ2v) is 7.97. The van der Waals surface area contributed by atoms with Gasteiger partial charge in [0.25, 0.3) is 0 Å². The van der Waals surface area contributed by atoms with Crippen molar-refractivity contribution in [3.8, 4) is 11.1 Å². The van der Waals surface area contributed by atoms with E-state index in [0.29, 0.717) is 18.1 Å². The summed E-state index contributed by atoms with van der Waals surface area (Å²) in [5.41, 5.74) is 3.10. The van der Waals surface area contributed by atoms with Crippen molar-refractivity contribution in [1.82, 2.24) is 19.9 Å². The van der Waals surface area contributed by atoms with E-state index in [0.717, 1.165) is 36.1 Å². The molecule has 160 valence electrons. The molecule has 7 heteroatoms. The van der Waals surface area contributed by atoms with Gasteiger partial charge in [0, 0.05) is 44.8 Å². The van der Waals surface area contributed by atoms with E-state index in [1.54, 1.807) is 30.6 Å². The molecule has 4 rings (SSSR count). The summed E-state index contributed by atoms with van der Waals surface area (Å²) in [5, 5.41) is 0. The third kappa shape index (κ3) is 4.55. The van der Waals surface area contributed by atoms with E-state index in [9.17, 15) is 9.18 Å². The van der Waals surface area contributed by atoms with Crippen LogP contribution in [0.25, 0.3) is 11.1 Å². The van der Waals surface area contributed by atoms with E-state index in [-0.39, 0.29) is 24.2 Å². The summed E-state index contributed by atoms with van der Waals surface area (Å²) in [6.45, 7) is 0.634. The lowest BCUT2D eigenvalue weighted by atomic mass is 9.93. The first-order valence-corrected chi connectivity index (χ1v) is 10.5. The smallest absolute Gasteiger partial charge is 0.227 e. The number of carbonyl (C=O) groups excluding carboxylic acids is 1. The van der Waals surface area contributed by atoms with Crippen molar-refractivity contribution in [3.63, 3.8) is 0 Å². The molecule has 31 heavy (non-hydrogen) atoms. The van der Waals surface area contributed by atoms with E-state index >= 15 is 0 Å². The van der Waals surface area contributed by atoms with Crippen LogP contribution in [0.5, 0.6) is 0 Å². The highest BCUT2D eigenvalue weighted by atomic mass is 19.1. The summed E-state index contributed by atoms with van der Waals surface area (Å²) in [4.78, 5) is 30.4. The number of pyridine rings is 1. The number of piperidine rings is 1. The summed E-state index contributed by atoms with van der Waals surface area (Å²) in [6, 6.07) is 10.1. The number of anilines is 1. The predicted molar refractivity (Wildman–Crippen MR) is 118 cm³/mol. The standard InChI is InChI=1S/C24H26FN5O/c1-29(2)24-27-16-19(17-10-12-26-13-11-17)23(28-24)21-9-5-6-14-30(21)22(31)15-18-7-3-4-8-20(18)25/h3-4,7-8,10-13,16,21H,5-6,9,14-15H2,1-2H3. The van der Waals surface area contributed by atoms with Crippen LogP contribution in [0.1, 0.15) is 36.6 Å². The Kier molecular flexibility index (Phi) is 6.21. The van der Waals surface area contributed by atoms with E-state index in [2.05, 4.69) is 9.97 Å². The highest BCUT2D eigenvalue weighted by Crippen LogP contribution is 2.36. The maximum absolute atomic E-state index is 14.2. The van der Waals surface area contributed by atoms with E-state index in [4.69, 9.17) is 4.98 Å². The maximum Gasteiger partial charge on any atom is 0.227 e. The van der Waals surface area contributed by atoms with E-state index in [1.165, 1.54) is 6.07 Å². The molecule has 1 fully saturated rings. The minimum atomic E-state index is -0.348. The number of amides is 1. The number of benzene rings is 1. The van der Waals surface area contributed by atoms with Crippen LogP contribution in [0.15, 0.2) is 55.0 Å². The average molecular weight is 420 g/mol. The number of nitrogens with zero attached hydrogens (tertiary/aromatic N) is 5. The minimum Gasteiger partial charge on any atom is -0.347 e. The number of aromatic nitrogens is 3. The first-order chi connectivity index (χ1) is 15.0. The quantitative estimate of drug-likeness (QED) is 0.625. The van der Waals surface area contributed by atoms with Crippen LogP contribution in [-0.4, -0.2) is 46.4 Å². The van der Waals surface area contributed by atoms with Crippen LogP contribution in [0, 0.1) is 5.82 Å². The van der Waals surface area contributed by atoms with Gasteiger partial charge < -0.3 is 9.80 Å². The lowest BCUT2D eigenvalue weighted by Gasteiger charge is -2.36. The van der Waals surface area contributed by atoms with Crippen molar-refractivity contribution in [2.75, 3.05) is 25.5 Å². The molecule has 1 atom stereocenters. The monoisotopic (exact) mass is 419 g/mol. The SMILES string of the molecule is CN(C)c1ncc(-c2ccncc2)c(C2CCCCN2C(=O)Cc2ccccc2F)n1. The molecule has 0 aliphatic carbocycles. The molecule has 2 aromatic heterocycles. The molecule has 0 saturated carbocycles. The summed E-state index contributed by atoms with van der Waals surface area (Å²) in [6.07, 6.45) is 8.08. The molecule has 0 N–H and O–H groups in total. The van der Waals surface area contributed by atoms with Crippen LogP contribution in [0.3, 0.4) is 0 Å². The Bertz CT molecular complexity index is 1060. The second-order valence-electron chi connectivity index (χ2n) is 7.97. The van der Waals surface area contributed by atoms with Crippen LogP contribution in [0.2, 0.25) is 0 Å². The lowest BCUT2D eigenvalue weighted by Crippen LogP contribution is -2.40. The Morgan fingerprint density at radius 2 is 1.94 bits per heavy atom. The number of hydrogen-bond acceptors (Lipinski definition) is 5. The third-order valence-corrected chi connectivity index (χ3v) is 5.64. The summed E-state index contributed by atoms with van der Waals surface area (Å²) in [7, 11) is 3.79. The van der Waals surface area contributed by atoms with Crippen molar-refractivity contribution in [1.29, 1.82) is 0 Å². The van der Waals surface area contributed by atoms with Crippen molar-refractivity contribution in [3.05, 3.63) is 72.1 Å². The molecule has 1 unspecified atom stereocenters. The Hall–Kier alpha value is -3.35. The number of hydrogen-bond donors (Lipinski definition) is 0. The van der Waals surface area contributed by atoms with Crippen molar-refractivity contribution in [2.45, 2.75) is 31.7 Å². The Labute approximate surface area is 181 Å². The number of halogens is 1. The second kappa shape index (κ2) is 9.20. The number of likely N-dealkylation sites (tertiary alicyclic amines) is 1. The Morgan fingerprint density at radius 1 is 1.16 bits per heavy atom. The van der Waals surface area contributed by atoms with Gasteiger partial charge in [0.2, 0.25) is 11.9 Å². The van der Waals surface area contributed by atoms with Gasteiger partial charge in [-0.3, -0.25) is 9.78 Å². The Balaban J connectivity index is 1.72. The van der Waals surface area contributed by atoms with Gasteiger partial charge >= 0.3 is 0 Å². The molecule has 1 saturated heterocycles. The van der Waals surface area contributed by atoms with Crippen LogP contribution in [0.4, 0.5) is 10.3 Å². The summed E-state index contributed by atoms with van der Waals surface area (Å²) < 4.78 is 14.2. The molecule has 3 aromatic rings. The van der Waals surface area contributed by atoms with Crippen LogP contribution in [-0.2, 0) is 11.2 Å². The molecule has 3 heterocycles. The molecule has 0 spiro atoms. The highest BCUT2D eigenvalue weighted by molar-refractivity contribution is 5.80. The predicted octanol–water partition coefficient (Wildman–Crippen LogP) is 4.04. The largest absolute Gasteiger partial charge is 0.347 e. The van der Waals surface area contributed by atoms with Gasteiger partial charge in [-0.25, -0.2) is 14.4 Å². The number of carbonyl (C=O) groups is 1. The fraction of sp³-hybridized carbons (Fsp3) is 0.333. The minimum absolute atomic E-state index is 0.0411. The molecule has 1 amide bonds. The fourth-order valence-corrected chi connectivity index (χ4v) is 4.03. The van der Waals surface area contributed by atoms with Crippen LogP contribution >= 0.6 is 0 Å². The van der Waals surface area contributed by atoms with E-state index < -0.39 is 0 Å².